The van der Waals surface area contributed by atoms with E-state index in [1.54, 1.807) is 6.07 Å². The number of nitrogens with one attached hydrogen (secondary N) is 1. The molecule has 2 saturated heterocycles. The van der Waals surface area contributed by atoms with Crippen molar-refractivity contribution in [2.24, 2.45) is 29.6 Å². The molecule has 0 spiro atoms. The zero-order chi connectivity index (χ0) is 20.2. The number of carbonyl (C=O) groups excluding carboxylic acids is 2. The third-order valence-corrected chi connectivity index (χ3v) is 7.91. The van der Waals surface area contributed by atoms with E-state index in [-0.39, 0.29) is 12.0 Å². The van der Waals surface area contributed by atoms with Gasteiger partial charge in [-0.15, -0.1) is 5.10 Å². The summed E-state index contributed by atoms with van der Waals surface area (Å²) in [5, 5.41) is 10.6. The van der Waals surface area contributed by atoms with E-state index in [1.165, 1.54) is 25.7 Å². The van der Waals surface area contributed by atoms with E-state index in [2.05, 4.69) is 15.4 Å². The molecule has 158 valence electrons. The van der Waals surface area contributed by atoms with E-state index in [1.807, 2.05) is 21.9 Å². The molecule has 0 radical (unpaired) electrons. The normalized spacial score (nSPS) is 32.2. The molecule has 8 nitrogen and oxygen atoms in total. The number of likely N-dealkylation sites (tertiary alicyclic amines) is 2. The summed E-state index contributed by atoms with van der Waals surface area (Å²) in [6, 6.07) is 5.44. The van der Waals surface area contributed by atoms with Gasteiger partial charge in [0.05, 0.1) is 12.1 Å². The van der Waals surface area contributed by atoms with E-state index >= 15 is 0 Å². The highest BCUT2D eigenvalue weighted by Gasteiger charge is 2.44. The van der Waals surface area contributed by atoms with Crippen molar-refractivity contribution >= 4 is 23.0 Å². The van der Waals surface area contributed by atoms with Gasteiger partial charge in [0.25, 0.3) is 5.91 Å². The molecule has 1 aromatic carbocycles. The number of rotatable bonds is 3. The fourth-order valence-corrected chi connectivity index (χ4v) is 6.32. The number of aromatic amines is 1. The van der Waals surface area contributed by atoms with Crippen molar-refractivity contribution in [1.82, 2.24) is 25.2 Å². The van der Waals surface area contributed by atoms with Gasteiger partial charge < -0.3 is 14.5 Å². The third-order valence-electron chi connectivity index (χ3n) is 7.91. The summed E-state index contributed by atoms with van der Waals surface area (Å²) in [5.41, 5.74) is 2.16. The van der Waals surface area contributed by atoms with Gasteiger partial charge >= 0.3 is 6.09 Å². The third kappa shape index (κ3) is 3.04. The maximum absolute atomic E-state index is 12.9. The van der Waals surface area contributed by atoms with Crippen LogP contribution in [0, 0.1) is 29.6 Å². The highest BCUT2D eigenvalue weighted by molar-refractivity contribution is 5.97. The Morgan fingerprint density at radius 2 is 1.83 bits per heavy atom. The van der Waals surface area contributed by atoms with Gasteiger partial charge in [0.15, 0.2) is 0 Å². The first-order chi connectivity index (χ1) is 14.6. The molecule has 30 heavy (non-hydrogen) atoms. The van der Waals surface area contributed by atoms with Crippen LogP contribution in [0.1, 0.15) is 36.0 Å². The molecule has 3 heterocycles. The van der Waals surface area contributed by atoms with Crippen LogP contribution in [0.2, 0.25) is 0 Å². The van der Waals surface area contributed by atoms with Gasteiger partial charge in [-0.3, -0.25) is 9.89 Å². The number of ether oxygens (including phenoxy) is 1. The van der Waals surface area contributed by atoms with Crippen LogP contribution in [0.15, 0.2) is 18.2 Å². The number of H-pyrrole nitrogens is 1. The second-order valence-electron chi connectivity index (χ2n) is 9.69. The lowest BCUT2D eigenvalue weighted by Gasteiger charge is -2.24. The Labute approximate surface area is 174 Å². The van der Waals surface area contributed by atoms with Crippen molar-refractivity contribution in [1.29, 1.82) is 0 Å². The minimum Gasteiger partial charge on any atom is -0.449 e. The minimum absolute atomic E-state index is 0.0275. The summed E-state index contributed by atoms with van der Waals surface area (Å²) in [7, 11) is 0. The first-order valence-corrected chi connectivity index (χ1v) is 11.2. The molecule has 1 aromatic heterocycles. The van der Waals surface area contributed by atoms with Crippen molar-refractivity contribution in [2.75, 3.05) is 32.8 Å². The van der Waals surface area contributed by atoms with Gasteiger partial charge in [-0.1, -0.05) is 11.6 Å². The number of carbonyl (C=O) groups is 2. The maximum Gasteiger partial charge on any atom is 0.409 e. The zero-order valence-electron chi connectivity index (χ0n) is 17.0. The molecule has 5 atom stereocenters. The van der Waals surface area contributed by atoms with Crippen LogP contribution in [-0.2, 0) is 4.74 Å². The van der Waals surface area contributed by atoms with Crippen molar-refractivity contribution in [3.8, 4) is 0 Å². The topological polar surface area (TPSA) is 91.4 Å². The number of amides is 2. The molecule has 1 unspecified atom stereocenters. The monoisotopic (exact) mass is 409 g/mol. The van der Waals surface area contributed by atoms with Crippen molar-refractivity contribution in [3.05, 3.63) is 23.8 Å². The first-order valence-electron chi connectivity index (χ1n) is 11.2. The molecule has 2 aliphatic carbocycles. The van der Waals surface area contributed by atoms with E-state index in [0.29, 0.717) is 61.6 Å². The summed E-state index contributed by atoms with van der Waals surface area (Å²) in [4.78, 5) is 29.3. The predicted molar refractivity (Wildman–Crippen MR) is 109 cm³/mol. The number of aromatic nitrogens is 3. The number of hydrogen-bond donors (Lipinski definition) is 1. The van der Waals surface area contributed by atoms with Gasteiger partial charge in [0, 0.05) is 43.6 Å². The van der Waals surface area contributed by atoms with Crippen molar-refractivity contribution in [3.63, 3.8) is 0 Å². The summed E-state index contributed by atoms with van der Waals surface area (Å²) >= 11 is 0. The second kappa shape index (κ2) is 6.96. The second-order valence-corrected chi connectivity index (χ2v) is 9.69. The van der Waals surface area contributed by atoms with E-state index in [4.69, 9.17) is 4.74 Å². The van der Waals surface area contributed by atoms with Crippen LogP contribution in [0.25, 0.3) is 11.0 Å². The Morgan fingerprint density at radius 3 is 2.57 bits per heavy atom. The number of hydrogen-bond acceptors (Lipinski definition) is 5. The summed E-state index contributed by atoms with van der Waals surface area (Å²) in [6.07, 6.45) is 5.09. The van der Waals surface area contributed by atoms with Gasteiger partial charge in [0.2, 0.25) is 0 Å². The lowest BCUT2D eigenvalue weighted by molar-refractivity contribution is 0.0735. The largest absolute Gasteiger partial charge is 0.449 e. The van der Waals surface area contributed by atoms with Gasteiger partial charge in [-0.05, 0) is 55.2 Å². The molecular formula is C22H27N5O3. The molecule has 6 rings (SSSR count). The summed E-state index contributed by atoms with van der Waals surface area (Å²) in [5.74, 6) is 2.92. The lowest BCUT2D eigenvalue weighted by atomic mass is 9.90. The fourth-order valence-electron chi connectivity index (χ4n) is 6.32. The minimum atomic E-state index is -0.165. The summed E-state index contributed by atoms with van der Waals surface area (Å²) < 4.78 is 5.70. The number of fused-ring (bicyclic) bond motifs is 4. The van der Waals surface area contributed by atoms with Crippen LogP contribution in [0.3, 0.4) is 0 Å². The van der Waals surface area contributed by atoms with E-state index < -0.39 is 0 Å². The summed E-state index contributed by atoms with van der Waals surface area (Å²) in [6.45, 7) is 3.34. The highest BCUT2D eigenvalue weighted by atomic mass is 16.6. The number of benzene rings is 1. The number of nitrogens with zero attached hydrogens (tertiary/aromatic N) is 4. The Balaban J connectivity index is 1.03. The molecule has 2 saturated carbocycles. The van der Waals surface area contributed by atoms with Crippen LogP contribution in [0.5, 0.6) is 0 Å². The molecule has 2 aromatic rings. The van der Waals surface area contributed by atoms with E-state index in [9.17, 15) is 9.59 Å². The zero-order valence-corrected chi connectivity index (χ0v) is 17.0. The van der Waals surface area contributed by atoms with Gasteiger partial charge in [0.1, 0.15) is 5.52 Å². The van der Waals surface area contributed by atoms with Crippen LogP contribution in [0.4, 0.5) is 4.79 Å². The Kier molecular flexibility index (Phi) is 4.21. The Bertz CT molecular complexity index is 976. The fraction of sp³-hybridized carbons (Fsp3) is 0.636. The highest BCUT2D eigenvalue weighted by Crippen LogP contribution is 2.48. The van der Waals surface area contributed by atoms with Crippen LogP contribution in [-0.4, -0.2) is 70.0 Å². The molecular weight excluding hydrogens is 382 g/mol. The van der Waals surface area contributed by atoms with E-state index in [0.717, 1.165) is 17.4 Å². The van der Waals surface area contributed by atoms with Crippen molar-refractivity contribution in [2.45, 2.75) is 25.7 Å². The molecule has 2 amide bonds. The molecule has 2 bridgehead atoms. The smallest absolute Gasteiger partial charge is 0.409 e. The molecule has 4 aliphatic rings. The Morgan fingerprint density at radius 1 is 1.03 bits per heavy atom. The molecule has 2 aliphatic heterocycles. The Hall–Kier alpha value is -2.64. The average Bonchev–Trinajstić information content (AvgIpc) is 3.55. The SMILES string of the molecule is O=C(OCC1C[C@@H]2CC[C@H]1C2)N1C[C@@H]2CN(C(=O)c3ccc4[nH]nnc4c3)C[C@@H]2C1. The van der Waals surface area contributed by atoms with Crippen LogP contribution < -0.4 is 0 Å². The maximum atomic E-state index is 12.9. The predicted octanol–water partition coefficient (Wildman–Crippen LogP) is 2.53. The first kappa shape index (κ1) is 18.2. The average molecular weight is 409 g/mol. The van der Waals surface area contributed by atoms with Crippen LogP contribution >= 0.6 is 0 Å². The van der Waals surface area contributed by atoms with Gasteiger partial charge in [-0.2, -0.15) is 0 Å². The molecule has 1 N–H and O–H groups in total. The molecule has 4 fully saturated rings. The lowest BCUT2D eigenvalue weighted by Crippen LogP contribution is -2.36. The standard InChI is InChI=1S/C22H27N5O3/c28-21(15-3-4-19-20(7-15)24-25-23-19)26-8-17-10-27(11-18(17)9-26)22(29)30-12-16-6-13-1-2-14(16)5-13/h3-4,7,13-14,16-18H,1-2,5-6,8-12H2,(H,23,24,25)/t13-,14+,16?,17-,18+/m1/s1. The quantitative estimate of drug-likeness (QED) is 0.841. The van der Waals surface area contributed by atoms with Gasteiger partial charge in [-0.25, -0.2) is 4.79 Å². The molecule has 8 heteroatoms. The van der Waals surface area contributed by atoms with Crippen molar-refractivity contribution < 1.29 is 14.3 Å².